The minimum Gasteiger partial charge on any atom is -0.490 e. The second-order valence-corrected chi connectivity index (χ2v) is 9.46. The molecule has 8 heteroatoms. The predicted octanol–water partition coefficient (Wildman–Crippen LogP) is 6.26. The lowest BCUT2D eigenvalue weighted by Crippen LogP contribution is -2.31. The van der Waals surface area contributed by atoms with Crippen LogP contribution >= 0.6 is 0 Å². The van der Waals surface area contributed by atoms with Gasteiger partial charge < -0.3 is 28.4 Å². The van der Waals surface area contributed by atoms with E-state index in [1.807, 2.05) is 97.9 Å². The molecular formula is C35H34O8. The van der Waals surface area contributed by atoms with Gasteiger partial charge in [0.2, 0.25) is 0 Å². The highest BCUT2D eigenvalue weighted by atomic mass is 16.6. The van der Waals surface area contributed by atoms with E-state index < -0.39 is 24.1 Å². The molecular weight excluding hydrogens is 548 g/mol. The molecule has 0 aromatic heterocycles. The van der Waals surface area contributed by atoms with Crippen molar-refractivity contribution in [1.82, 2.24) is 0 Å². The van der Waals surface area contributed by atoms with Gasteiger partial charge in [-0.15, -0.1) is 0 Å². The van der Waals surface area contributed by atoms with Crippen molar-refractivity contribution in [3.63, 3.8) is 0 Å². The van der Waals surface area contributed by atoms with Crippen molar-refractivity contribution in [3.05, 3.63) is 122 Å². The van der Waals surface area contributed by atoms with Gasteiger partial charge in [0.25, 0.3) is 0 Å². The Balaban J connectivity index is 1.48. The first-order chi connectivity index (χ1) is 21.0. The number of hydrogen-bond acceptors (Lipinski definition) is 8. The van der Waals surface area contributed by atoms with Crippen LogP contribution in [0.3, 0.4) is 0 Å². The van der Waals surface area contributed by atoms with Gasteiger partial charge in [0, 0.05) is 22.9 Å². The van der Waals surface area contributed by atoms with Crippen LogP contribution in [0.25, 0.3) is 10.8 Å². The summed E-state index contributed by atoms with van der Waals surface area (Å²) in [7, 11) is 0. The van der Waals surface area contributed by atoms with E-state index in [1.165, 1.54) is 0 Å². The van der Waals surface area contributed by atoms with Crippen molar-refractivity contribution in [3.8, 4) is 23.0 Å². The number of rotatable bonds is 16. The Morgan fingerprint density at radius 1 is 0.605 bits per heavy atom. The molecule has 0 saturated carbocycles. The highest BCUT2D eigenvalue weighted by Crippen LogP contribution is 2.35. The normalized spacial score (nSPS) is 11.9. The SMILES string of the molecule is C=CC(=O)OC(COc1ccccc1)COc1cccc2c(OCC(COc3ccccc3)OC(=O)C=C)c(C)ccc12. The van der Waals surface area contributed by atoms with Crippen molar-refractivity contribution >= 4 is 22.7 Å². The minimum absolute atomic E-state index is 0.0476. The van der Waals surface area contributed by atoms with Gasteiger partial charge in [-0.25, -0.2) is 9.59 Å². The van der Waals surface area contributed by atoms with E-state index in [4.69, 9.17) is 28.4 Å². The molecule has 4 aromatic carbocycles. The molecule has 4 aromatic rings. The summed E-state index contributed by atoms with van der Waals surface area (Å²) in [6.45, 7) is 9.17. The number of ether oxygens (including phenoxy) is 6. The summed E-state index contributed by atoms with van der Waals surface area (Å²) in [5.74, 6) is 1.34. The molecule has 0 amide bonds. The molecule has 222 valence electrons. The van der Waals surface area contributed by atoms with Gasteiger partial charge >= 0.3 is 11.9 Å². The Morgan fingerprint density at radius 3 is 1.65 bits per heavy atom. The molecule has 0 aliphatic carbocycles. The summed E-state index contributed by atoms with van der Waals surface area (Å²) in [6.07, 6.45) is 0.827. The first kappa shape index (κ1) is 30.7. The zero-order chi connectivity index (χ0) is 30.4. The van der Waals surface area contributed by atoms with Gasteiger partial charge in [0.1, 0.15) is 49.4 Å². The molecule has 0 heterocycles. The van der Waals surface area contributed by atoms with E-state index in [9.17, 15) is 9.59 Å². The predicted molar refractivity (Wildman–Crippen MR) is 164 cm³/mol. The fourth-order valence-electron chi connectivity index (χ4n) is 4.16. The van der Waals surface area contributed by atoms with Crippen LogP contribution in [0.2, 0.25) is 0 Å². The van der Waals surface area contributed by atoms with Crippen molar-refractivity contribution in [2.24, 2.45) is 0 Å². The van der Waals surface area contributed by atoms with Crippen molar-refractivity contribution in [2.75, 3.05) is 26.4 Å². The molecule has 0 aliphatic rings. The zero-order valence-electron chi connectivity index (χ0n) is 24.0. The van der Waals surface area contributed by atoms with Gasteiger partial charge in [-0.2, -0.15) is 0 Å². The van der Waals surface area contributed by atoms with E-state index in [0.29, 0.717) is 23.0 Å². The Bertz CT molecular complexity index is 1520. The van der Waals surface area contributed by atoms with Crippen molar-refractivity contribution in [1.29, 1.82) is 0 Å². The largest absolute Gasteiger partial charge is 0.490 e. The molecule has 43 heavy (non-hydrogen) atoms. The van der Waals surface area contributed by atoms with E-state index >= 15 is 0 Å². The lowest BCUT2D eigenvalue weighted by molar-refractivity contribution is -0.147. The lowest BCUT2D eigenvalue weighted by atomic mass is 10.1. The van der Waals surface area contributed by atoms with E-state index in [2.05, 4.69) is 13.2 Å². The monoisotopic (exact) mass is 582 g/mol. The molecule has 2 atom stereocenters. The lowest BCUT2D eigenvalue weighted by Gasteiger charge is -2.21. The molecule has 2 unspecified atom stereocenters. The third-order valence-electron chi connectivity index (χ3n) is 6.26. The highest BCUT2D eigenvalue weighted by molar-refractivity contribution is 5.94. The van der Waals surface area contributed by atoms with Crippen LogP contribution in [-0.2, 0) is 19.1 Å². The van der Waals surface area contributed by atoms with E-state index in [0.717, 1.165) is 28.5 Å². The van der Waals surface area contributed by atoms with Crippen LogP contribution in [0.4, 0.5) is 0 Å². The van der Waals surface area contributed by atoms with Crippen LogP contribution in [0.5, 0.6) is 23.0 Å². The first-order valence-corrected chi connectivity index (χ1v) is 13.8. The fourth-order valence-corrected chi connectivity index (χ4v) is 4.16. The summed E-state index contributed by atoms with van der Waals surface area (Å²) in [6, 6.07) is 27.9. The number of hydrogen-bond donors (Lipinski definition) is 0. The standard InChI is InChI=1S/C35H34O8/c1-4-33(36)42-28(21-38-26-13-8-6-9-14-26)23-40-32-18-12-17-31-30(32)20-19-25(3)35(31)41-24-29(43-34(37)5-2)22-39-27-15-10-7-11-16-27/h4-20,28-29H,1-2,21-24H2,3H3. The highest BCUT2D eigenvalue weighted by Gasteiger charge is 2.19. The maximum absolute atomic E-state index is 12.0. The van der Waals surface area contributed by atoms with Crippen molar-refractivity contribution in [2.45, 2.75) is 19.1 Å². The van der Waals surface area contributed by atoms with Crippen molar-refractivity contribution < 1.29 is 38.0 Å². The van der Waals surface area contributed by atoms with Gasteiger partial charge in [-0.1, -0.05) is 73.8 Å². The Kier molecular flexibility index (Phi) is 11.2. The van der Waals surface area contributed by atoms with Crippen LogP contribution < -0.4 is 18.9 Å². The molecule has 0 spiro atoms. The Hall–Kier alpha value is -5.24. The summed E-state index contributed by atoms with van der Waals surface area (Å²) < 4.78 is 34.9. The molecule has 8 nitrogen and oxygen atoms in total. The maximum Gasteiger partial charge on any atom is 0.330 e. The number of fused-ring (bicyclic) bond motifs is 1. The quantitative estimate of drug-likeness (QED) is 0.113. The summed E-state index contributed by atoms with van der Waals surface area (Å²) in [5.41, 5.74) is 0.886. The maximum atomic E-state index is 12.0. The number of esters is 2. The summed E-state index contributed by atoms with van der Waals surface area (Å²) in [5, 5.41) is 1.59. The molecule has 0 radical (unpaired) electrons. The zero-order valence-corrected chi connectivity index (χ0v) is 24.0. The molecule has 0 bridgehead atoms. The second-order valence-electron chi connectivity index (χ2n) is 9.46. The Labute approximate surface area is 251 Å². The summed E-state index contributed by atoms with van der Waals surface area (Å²) in [4.78, 5) is 24.0. The van der Waals surface area contributed by atoms with E-state index in [1.54, 1.807) is 0 Å². The average molecular weight is 583 g/mol. The number of carbonyl (C=O) groups excluding carboxylic acids is 2. The number of aryl methyl sites for hydroxylation is 1. The average Bonchev–Trinajstić information content (AvgIpc) is 3.04. The molecule has 0 N–H and O–H groups in total. The van der Waals surface area contributed by atoms with Gasteiger partial charge in [-0.05, 0) is 42.8 Å². The third kappa shape index (κ3) is 9.13. The third-order valence-corrected chi connectivity index (χ3v) is 6.26. The van der Waals surface area contributed by atoms with Crippen LogP contribution in [-0.4, -0.2) is 50.6 Å². The number of benzene rings is 4. The number of carbonyl (C=O) groups is 2. The van der Waals surface area contributed by atoms with Crippen LogP contribution in [0.15, 0.2) is 116 Å². The van der Waals surface area contributed by atoms with Gasteiger partial charge in [-0.3, -0.25) is 0 Å². The molecule has 4 rings (SSSR count). The minimum atomic E-state index is -0.690. The van der Waals surface area contributed by atoms with Gasteiger partial charge in [0.05, 0.1) is 0 Å². The number of para-hydroxylation sites is 2. The smallest absolute Gasteiger partial charge is 0.330 e. The molecule has 0 fully saturated rings. The topological polar surface area (TPSA) is 89.5 Å². The molecule has 0 aliphatic heterocycles. The van der Waals surface area contributed by atoms with Gasteiger partial charge in [0.15, 0.2) is 12.2 Å². The Morgan fingerprint density at radius 2 is 1.12 bits per heavy atom. The fraction of sp³-hybridized carbons (Fsp3) is 0.200. The second kappa shape index (κ2) is 15.7. The van der Waals surface area contributed by atoms with E-state index in [-0.39, 0.29) is 26.4 Å². The van der Waals surface area contributed by atoms with Crippen LogP contribution in [0, 0.1) is 6.92 Å². The first-order valence-electron chi connectivity index (χ1n) is 13.8. The molecule has 0 saturated heterocycles. The summed E-state index contributed by atoms with van der Waals surface area (Å²) >= 11 is 0. The van der Waals surface area contributed by atoms with Crippen LogP contribution in [0.1, 0.15) is 5.56 Å².